The number of hydrogen-bond acceptors (Lipinski definition) is 3. The summed E-state index contributed by atoms with van der Waals surface area (Å²) in [5, 5.41) is 9.88. The van der Waals surface area contributed by atoms with Gasteiger partial charge in [-0.05, 0) is 41.8 Å². The van der Waals surface area contributed by atoms with Gasteiger partial charge in [0.05, 0.1) is 10.9 Å². The first-order valence-corrected chi connectivity index (χ1v) is 6.53. The van der Waals surface area contributed by atoms with Gasteiger partial charge in [0.2, 0.25) is 0 Å². The van der Waals surface area contributed by atoms with Gasteiger partial charge in [-0.1, -0.05) is 25.1 Å². The number of aryl methyl sites for hydroxylation is 1. The number of benzene rings is 2. The highest BCUT2D eigenvalue weighted by atomic mass is 16.3. The van der Waals surface area contributed by atoms with E-state index in [-0.39, 0.29) is 11.2 Å². The topological polar surface area (TPSA) is 50.4 Å². The number of phenols is 1. The minimum Gasteiger partial charge on any atom is -0.508 e. The maximum absolute atomic E-state index is 12.5. The van der Waals surface area contributed by atoms with E-state index >= 15 is 0 Å². The lowest BCUT2D eigenvalue weighted by atomic mass is 10.0. The van der Waals surface area contributed by atoms with Crippen LogP contribution < -0.4 is 5.43 Å². The normalized spacial score (nSPS) is 10.8. The molecule has 3 heteroatoms. The maximum Gasteiger partial charge on any atom is 0.200 e. The molecule has 1 N–H and O–H groups in total. The zero-order valence-electron chi connectivity index (χ0n) is 11.1. The van der Waals surface area contributed by atoms with Crippen molar-refractivity contribution in [2.45, 2.75) is 13.3 Å². The summed E-state index contributed by atoms with van der Waals surface area (Å²) < 4.78 is 5.59. The van der Waals surface area contributed by atoms with Gasteiger partial charge in [0.15, 0.2) is 5.43 Å². The zero-order valence-corrected chi connectivity index (χ0v) is 11.1. The van der Waals surface area contributed by atoms with Crippen LogP contribution in [0.25, 0.3) is 22.1 Å². The Bertz CT molecular complexity index is 814. The molecule has 2 aromatic carbocycles. The predicted molar refractivity (Wildman–Crippen MR) is 79.0 cm³/mol. The number of hydrogen-bond donors (Lipinski definition) is 1. The fourth-order valence-corrected chi connectivity index (χ4v) is 2.23. The molecule has 0 saturated heterocycles. The van der Waals surface area contributed by atoms with Crippen molar-refractivity contribution < 1.29 is 9.52 Å². The average molecular weight is 266 g/mol. The smallest absolute Gasteiger partial charge is 0.200 e. The number of fused-ring (bicyclic) bond motifs is 1. The third-order valence-electron chi connectivity index (χ3n) is 3.43. The van der Waals surface area contributed by atoms with Crippen molar-refractivity contribution >= 4 is 11.0 Å². The molecule has 0 amide bonds. The van der Waals surface area contributed by atoms with Crippen molar-refractivity contribution in [2.24, 2.45) is 0 Å². The number of aromatic hydroxyl groups is 1. The Labute approximate surface area is 116 Å². The summed E-state index contributed by atoms with van der Waals surface area (Å²) in [7, 11) is 0. The van der Waals surface area contributed by atoms with Crippen LogP contribution in [-0.4, -0.2) is 5.11 Å². The minimum atomic E-state index is -0.0559. The molecular weight excluding hydrogens is 252 g/mol. The van der Waals surface area contributed by atoms with Gasteiger partial charge in [-0.25, -0.2) is 0 Å². The van der Waals surface area contributed by atoms with E-state index in [2.05, 4.69) is 6.92 Å². The molecule has 20 heavy (non-hydrogen) atoms. The largest absolute Gasteiger partial charge is 0.508 e. The lowest BCUT2D eigenvalue weighted by Gasteiger charge is -2.04. The summed E-state index contributed by atoms with van der Waals surface area (Å²) in [4.78, 5) is 12.5. The molecule has 0 aliphatic rings. The molecule has 3 aromatic rings. The monoisotopic (exact) mass is 266 g/mol. The Morgan fingerprint density at radius 2 is 1.85 bits per heavy atom. The van der Waals surface area contributed by atoms with Crippen LogP contribution in [0.3, 0.4) is 0 Å². The number of phenolic OH excluding ortho intramolecular Hbond substituents is 1. The summed E-state index contributed by atoms with van der Waals surface area (Å²) in [5.74, 6) is 0.173. The molecule has 1 aromatic heterocycles. The minimum absolute atomic E-state index is 0.0559. The van der Waals surface area contributed by atoms with Crippen LogP contribution in [0.1, 0.15) is 12.5 Å². The highest BCUT2D eigenvalue weighted by Gasteiger charge is 2.09. The van der Waals surface area contributed by atoms with Gasteiger partial charge in [-0.3, -0.25) is 4.79 Å². The van der Waals surface area contributed by atoms with Crippen molar-refractivity contribution in [1.29, 1.82) is 0 Å². The summed E-state index contributed by atoms with van der Waals surface area (Å²) >= 11 is 0. The molecular formula is C17H14O3. The van der Waals surface area contributed by atoms with Gasteiger partial charge in [0, 0.05) is 0 Å². The fraction of sp³-hybridized carbons (Fsp3) is 0.118. The summed E-state index contributed by atoms with van der Waals surface area (Å²) in [6.45, 7) is 2.06. The maximum atomic E-state index is 12.5. The standard InChI is InChI=1S/C17H14O3/c1-2-11-3-8-14-16(9-11)20-10-15(17(14)19)12-4-6-13(18)7-5-12/h3-10,18H,2H2,1H3. The highest BCUT2D eigenvalue weighted by molar-refractivity contribution is 5.82. The van der Waals surface area contributed by atoms with Gasteiger partial charge in [0.25, 0.3) is 0 Å². The molecule has 100 valence electrons. The Kier molecular flexibility index (Phi) is 3.03. The second kappa shape index (κ2) is 4.85. The molecule has 0 unspecified atom stereocenters. The van der Waals surface area contributed by atoms with E-state index in [0.29, 0.717) is 16.5 Å². The van der Waals surface area contributed by atoms with Gasteiger partial charge >= 0.3 is 0 Å². The van der Waals surface area contributed by atoms with Crippen LogP contribution in [0, 0.1) is 0 Å². The second-order valence-corrected chi connectivity index (χ2v) is 4.71. The Morgan fingerprint density at radius 3 is 2.55 bits per heavy atom. The zero-order chi connectivity index (χ0) is 14.1. The first-order valence-electron chi connectivity index (χ1n) is 6.53. The molecule has 0 aliphatic heterocycles. The molecule has 0 spiro atoms. The Balaban J connectivity index is 2.21. The van der Waals surface area contributed by atoms with Crippen LogP contribution in [-0.2, 0) is 6.42 Å². The van der Waals surface area contributed by atoms with Crippen molar-refractivity contribution in [3.05, 3.63) is 64.5 Å². The van der Waals surface area contributed by atoms with E-state index in [1.807, 2.05) is 18.2 Å². The van der Waals surface area contributed by atoms with E-state index in [1.165, 1.54) is 6.26 Å². The third-order valence-corrected chi connectivity index (χ3v) is 3.43. The Morgan fingerprint density at radius 1 is 1.10 bits per heavy atom. The molecule has 0 saturated carbocycles. The first kappa shape index (κ1) is 12.5. The van der Waals surface area contributed by atoms with Crippen LogP contribution in [0.2, 0.25) is 0 Å². The summed E-state index contributed by atoms with van der Waals surface area (Å²) in [6.07, 6.45) is 2.38. The average Bonchev–Trinajstić information content (AvgIpc) is 2.48. The number of rotatable bonds is 2. The highest BCUT2D eigenvalue weighted by Crippen LogP contribution is 2.22. The molecule has 3 rings (SSSR count). The van der Waals surface area contributed by atoms with Crippen molar-refractivity contribution in [1.82, 2.24) is 0 Å². The van der Waals surface area contributed by atoms with Gasteiger partial charge in [-0.15, -0.1) is 0 Å². The van der Waals surface area contributed by atoms with E-state index < -0.39 is 0 Å². The lowest BCUT2D eigenvalue weighted by molar-refractivity contribution is 0.475. The lowest BCUT2D eigenvalue weighted by Crippen LogP contribution is -2.04. The summed E-state index contributed by atoms with van der Waals surface area (Å²) in [6, 6.07) is 12.2. The van der Waals surface area contributed by atoms with E-state index in [1.54, 1.807) is 24.3 Å². The van der Waals surface area contributed by atoms with E-state index in [9.17, 15) is 9.90 Å². The molecule has 0 radical (unpaired) electrons. The molecule has 0 atom stereocenters. The third kappa shape index (κ3) is 2.07. The van der Waals surface area contributed by atoms with Gasteiger partial charge in [0.1, 0.15) is 17.6 Å². The van der Waals surface area contributed by atoms with Crippen molar-refractivity contribution in [3.63, 3.8) is 0 Å². The molecule has 0 aliphatic carbocycles. The quantitative estimate of drug-likeness (QED) is 0.769. The van der Waals surface area contributed by atoms with Crippen LogP contribution in [0.5, 0.6) is 5.75 Å². The SMILES string of the molecule is CCc1ccc2c(=O)c(-c3ccc(O)cc3)coc2c1. The van der Waals surface area contributed by atoms with Gasteiger partial charge in [-0.2, -0.15) is 0 Å². The van der Waals surface area contributed by atoms with E-state index in [4.69, 9.17) is 4.42 Å². The second-order valence-electron chi connectivity index (χ2n) is 4.71. The molecule has 0 bridgehead atoms. The molecule has 1 heterocycles. The van der Waals surface area contributed by atoms with Crippen molar-refractivity contribution in [3.8, 4) is 16.9 Å². The van der Waals surface area contributed by atoms with E-state index in [0.717, 1.165) is 17.5 Å². The molecule has 0 fully saturated rings. The van der Waals surface area contributed by atoms with Crippen LogP contribution in [0.15, 0.2) is 57.9 Å². The summed E-state index contributed by atoms with van der Waals surface area (Å²) in [5.41, 5.74) is 2.93. The fourth-order valence-electron chi connectivity index (χ4n) is 2.23. The van der Waals surface area contributed by atoms with Crippen LogP contribution in [0.4, 0.5) is 0 Å². The van der Waals surface area contributed by atoms with Crippen molar-refractivity contribution in [2.75, 3.05) is 0 Å². The van der Waals surface area contributed by atoms with Crippen LogP contribution >= 0.6 is 0 Å². The Hall–Kier alpha value is -2.55. The van der Waals surface area contributed by atoms with Gasteiger partial charge < -0.3 is 9.52 Å². The first-order chi connectivity index (χ1) is 9.69. The molecule has 3 nitrogen and oxygen atoms in total. The predicted octanol–water partition coefficient (Wildman–Crippen LogP) is 3.73.